The SMILES string of the molecule is COc1cccc(CN[C@@H](C)c2cccc(C)c2)c1. The van der Waals surface area contributed by atoms with E-state index in [-0.39, 0.29) is 0 Å². The van der Waals surface area contributed by atoms with Gasteiger partial charge in [-0.1, -0.05) is 42.0 Å². The van der Waals surface area contributed by atoms with Crippen molar-refractivity contribution in [3.8, 4) is 5.75 Å². The van der Waals surface area contributed by atoms with Crippen molar-refractivity contribution in [3.63, 3.8) is 0 Å². The predicted molar refractivity (Wildman–Crippen MR) is 79.4 cm³/mol. The van der Waals surface area contributed by atoms with Gasteiger partial charge >= 0.3 is 0 Å². The molecule has 0 heterocycles. The fraction of sp³-hybridized carbons (Fsp3) is 0.294. The highest BCUT2D eigenvalue weighted by atomic mass is 16.5. The van der Waals surface area contributed by atoms with Crippen LogP contribution >= 0.6 is 0 Å². The van der Waals surface area contributed by atoms with Crippen LogP contribution in [0.25, 0.3) is 0 Å². The Morgan fingerprint density at radius 3 is 2.63 bits per heavy atom. The third kappa shape index (κ3) is 3.83. The van der Waals surface area contributed by atoms with Crippen molar-refractivity contribution in [1.29, 1.82) is 0 Å². The van der Waals surface area contributed by atoms with E-state index in [1.165, 1.54) is 16.7 Å². The first-order chi connectivity index (χ1) is 9.19. The van der Waals surface area contributed by atoms with E-state index in [0.717, 1.165) is 12.3 Å². The fourth-order valence-corrected chi connectivity index (χ4v) is 2.11. The van der Waals surface area contributed by atoms with Gasteiger partial charge in [-0.05, 0) is 37.1 Å². The van der Waals surface area contributed by atoms with Crippen molar-refractivity contribution in [1.82, 2.24) is 5.32 Å². The largest absolute Gasteiger partial charge is 0.497 e. The monoisotopic (exact) mass is 255 g/mol. The molecule has 0 aliphatic heterocycles. The van der Waals surface area contributed by atoms with E-state index in [0.29, 0.717) is 6.04 Å². The van der Waals surface area contributed by atoms with Gasteiger partial charge in [0, 0.05) is 12.6 Å². The Bertz CT molecular complexity index is 536. The summed E-state index contributed by atoms with van der Waals surface area (Å²) in [6, 6.07) is 17.1. The summed E-state index contributed by atoms with van der Waals surface area (Å²) in [4.78, 5) is 0. The van der Waals surface area contributed by atoms with Crippen LogP contribution in [0.4, 0.5) is 0 Å². The van der Waals surface area contributed by atoms with E-state index in [2.05, 4.69) is 55.6 Å². The highest BCUT2D eigenvalue weighted by Gasteiger charge is 2.05. The minimum atomic E-state index is 0.339. The molecule has 2 nitrogen and oxygen atoms in total. The Balaban J connectivity index is 1.98. The highest BCUT2D eigenvalue weighted by Crippen LogP contribution is 2.16. The van der Waals surface area contributed by atoms with Crippen LogP contribution in [-0.4, -0.2) is 7.11 Å². The standard InChI is InChI=1S/C17H21NO/c1-13-6-4-8-16(10-13)14(2)18-12-15-7-5-9-17(11-15)19-3/h4-11,14,18H,12H2,1-3H3/t14-/m0/s1. The smallest absolute Gasteiger partial charge is 0.119 e. The lowest BCUT2D eigenvalue weighted by Crippen LogP contribution is -2.18. The molecule has 2 aromatic rings. The first-order valence-electron chi connectivity index (χ1n) is 6.62. The molecule has 0 aliphatic rings. The quantitative estimate of drug-likeness (QED) is 0.876. The fourth-order valence-electron chi connectivity index (χ4n) is 2.11. The van der Waals surface area contributed by atoms with E-state index in [1.807, 2.05) is 12.1 Å². The third-order valence-corrected chi connectivity index (χ3v) is 3.29. The van der Waals surface area contributed by atoms with E-state index in [1.54, 1.807) is 7.11 Å². The number of methoxy groups -OCH3 is 1. The van der Waals surface area contributed by atoms with Gasteiger partial charge in [0.05, 0.1) is 7.11 Å². The van der Waals surface area contributed by atoms with Crippen LogP contribution < -0.4 is 10.1 Å². The van der Waals surface area contributed by atoms with Crippen LogP contribution in [0.2, 0.25) is 0 Å². The molecule has 0 unspecified atom stereocenters. The van der Waals surface area contributed by atoms with Crippen LogP contribution in [0.15, 0.2) is 48.5 Å². The average Bonchev–Trinajstić information content (AvgIpc) is 2.45. The molecule has 0 fully saturated rings. The Morgan fingerprint density at radius 2 is 1.89 bits per heavy atom. The maximum Gasteiger partial charge on any atom is 0.119 e. The van der Waals surface area contributed by atoms with Gasteiger partial charge in [0.2, 0.25) is 0 Å². The van der Waals surface area contributed by atoms with Gasteiger partial charge in [-0.2, -0.15) is 0 Å². The Hall–Kier alpha value is -1.80. The summed E-state index contributed by atoms with van der Waals surface area (Å²) in [7, 11) is 1.70. The van der Waals surface area contributed by atoms with Crippen molar-refractivity contribution in [2.75, 3.05) is 7.11 Å². The molecule has 2 aromatic carbocycles. The summed E-state index contributed by atoms with van der Waals surface area (Å²) < 4.78 is 5.23. The van der Waals surface area contributed by atoms with Gasteiger partial charge < -0.3 is 10.1 Å². The molecule has 0 radical (unpaired) electrons. The van der Waals surface area contributed by atoms with Gasteiger partial charge in [0.15, 0.2) is 0 Å². The predicted octanol–water partition coefficient (Wildman–Crippen LogP) is 3.85. The number of hydrogen-bond acceptors (Lipinski definition) is 2. The zero-order chi connectivity index (χ0) is 13.7. The molecule has 0 saturated heterocycles. The van der Waals surface area contributed by atoms with Gasteiger partial charge in [0.25, 0.3) is 0 Å². The first-order valence-corrected chi connectivity index (χ1v) is 6.62. The van der Waals surface area contributed by atoms with Crippen LogP contribution in [-0.2, 0) is 6.54 Å². The maximum absolute atomic E-state index is 5.23. The minimum Gasteiger partial charge on any atom is -0.497 e. The molecule has 0 amide bonds. The summed E-state index contributed by atoms with van der Waals surface area (Å²) in [5.74, 6) is 0.905. The zero-order valence-corrected chi connectivity index (χ0v) is 11.8. The van der Waals surface area contributed by atoms with Crippen molar-refractivity contribution in [2.24, 2.45) is 0 Å². The molecule has 0 saturated carbocycles. The van der Waals surface area contributed by atoms with Crippen molar-refractivity contribution < 1.29 is 4.74 Å². The van der Waals surface area contributed by atoms with Crippen LogP contribution in [0.1, 0.15) is 29.7 Å². The molecule has 100 valence electrons. The van der Waals surface area contributed by atoms with Gasteiger partial charge in [0.1, 0.15) is 5.75 Å². The molecule has 1 N–H and O–H groups in total. The van der Waals surface area contributed by atoms with E-state index < -0.39 is 0 Å². The summed E-state index contributed by atoms with van der Waals surface area (Å²) in [5, 5.41) is 3.54. The Labute approximate surface area is 115 Å². The molecule has 0 aromatic heterocycles. The second-order valence-corrected chi connectivity index (χ2v) is 4.87. The number of hydrogen-bond donors (Lipinski definition) is 1. The third-order valence-electron chi connectivity index (χ3n) is 3.29. The summed E-state index contributed by atoms with van der Waals surface area (Å²) in [6.45, 7) is 5.15. The summed E-state index contributed by atoms with van der Waals surface area (Å²) >= 11 is 0. The van der Waals surface area contributed by atoms with Gasteiger partial charge in [-0.3, -0.25) is 0 Å². The second-order valence-electron chi connectivity index (χ2n) is 4.87. The lowest BCUT2D eigenvalue weighted by atomic mass is 10.1. The van der Waals surface area contributed by atoms with Crippen molar-refractivity contribution in [3.05, 3.63) is 65.2 Å². The van der Waals surface area contributed by atoms with Crippen molar-refractivity contribution in [2.45, 2.75) is 26.4 Å². The van der Waals surface area contributed by atoms with Crippen LogP contribution in [0.5, 0.6) is 5.75 Å². The van der Waals surface area contributed by atoms with E-state index in [4.69, 9.17) is 4.74 Å². The van der Waals surface area contributed by atoms with Gasteiger partial charge in [-0.25, -0.2) is 0 Å². The number of rotatable bonds is 5. The number of nitrogens with one attached hydrogen (secondary N) is 1. The Kier molecular flexibility index (Phi) is 4.58. The molecule has 0 bridgehead atoms. The van der Waals surface area contributed by atoms with Crippen LogP contribution in [0.3, 0.4) is 0 Å². The highest BCUT2D eigenvalue weighted by molar-refractivity contribution is 5.29. The molecule has 2 rings (SSSR count). The molecular weight excluding hydrogens is 234 g/mol. The molecule has 0 spiro atoms. The van der Waals surface area contributed by atoms with Crippen molar-refractivity contribution >= 4 is 0 Å². The first kappa shape index (κ1) is 13.6. The zero-order valence-electron chi connectivity index (χ0n) is 11.8. The van der Waals surface area contributed by atoms with Gasteiger partial charge in [-0.15, -0.1) is 0 Å². The average molecular weight is 255 g/mol. The minimum absolute atomic E-state index is 0.339. The normalized spacial score (nSPS) is 12.2. The lowest BCUT2D eigenvalue weighted by molar-refractivity contribution is 0.414. The molecule has 0 aliphatic carbocycles. The summed E-state index contributed by atoms with van der Waals surface area (Å²) in [5.41, 5.74) is 3.86. The van der Waals surface area contributed by atoms with E-state index >= 15 is 0 Å². The summed E-state index contributed by atoms with van der Waals surface area (Å²) in [6.07, 6.45) is 0. The number of benzene rings is 2. The molecule has 19 heavy (non-hydrogen) atoms. The maximum atomic E-state index is 5.23. The molecule has 2 heteroatoms. The lowest BCUT2D eigenvalue weighted by Gasteiger charge is -2.15. The van der Waals surface area contributed by atoms with Crippen LogP contribution in [0, 0.1) is 6.92 Å². The number of aryl methyl sites for hydroxylation is 1. The van der Waals surface area contributed by atoms with E-state index in [9.17, 15) is 0 Å². The topological polar surface area (TPSA) is 21.3 Å². The molecular formula is C17H21NO. The number of ether oxygens (including phenoxy) is 1. The second kappa shape index (κ2) is 6.39. The molecule has 1 atom stereocenters. The Morgan fingerprint density at radius 1 is 1.11 bits per heavy atom.